The van der Waals surface area contributed by atoms with Crippen LogP contribution in [0.1, 0.15) is 34.7 Å². The second-order valence-corrected chi connectivity index (χ2v) is 5.88. The minimum atomic E-state index is -0.345. The highest BCUT2D eigenvalue weighted by Gasteiger charge is 2.26. The lowest BCUT2D eigenvalue weighted by molar-refractivity contribution is 0.102. The van der Waals surface area contributed by atoms with E-state index in [2.05, 4.69) is 21.2 Å². The molecule has 1 aliphatic carbocycles. The number of hydrogen-bond donors (Lipinski definition) is 1. The molecular weight excluding hydrogens is 321 g/mol. The third-order valence-electron chi connectivity index (χ3n) is 3.39. The number of hydrogen-bond acceptors (Lipinski definition) is 1. The molecule has 1 saturated carbocycles. The summed E-state index contributed by atoms with van der Waals surface area (Å²) in [5, 5.41) is 2.92. The minimum absolute atomic E-state index is 0.218. The molecule has 0 unspecified atom stereocenters. The summed E-state index contributed by atoms with van der Waals surface area (Å²) < 4.78 is 13.8. The van der Waals surface area contributed by atoms with Crippen LogP contribution in [0.3, 0.4) is 0 Å². The number of nitrogens with one attached hydrogen (secondary N) is 1. The van der Waals surface area contributed by atoms with Crippen molar-refractivity contribution in [3.05, 3.63) is 63.9 Å². The SMILES string of the molecule is O=C(Nc1cc(Br)ccc1C1CC1)c1ccc(F)cc1. The summed E-state index contributed by atoms with van der Waals surface area (Å²) in [4.78, 5) is 12.2. The van der Waals surface area contributed by atoms with Crippen LogP contribution in [-0.2, 0) is 0 Å². The van der Waals surface area contributed by atoms with Gasteiger partial charge in [0, 0.05) is 15.7 Å². The first-order valence-corrected chi connectivity index (χ1v) is 7.29. The van der Waals surface area contributed by atoms with E-state index in [-0.39, 0.29) is 11.7 Å². The molecule has 1 N–H and O–H groups in total. The molecule has 2 aromatic rings. The van der Waals surface area contributed by atoms with Crippen molar-refractivity contribution in [2.24, 2.45) is 0 Å². The van der Waals surface area contributed by atoms with Crippen molar-refractivity contribution in [2.75, 3.05) is 5.32 Å². The highest BCUT2D eigenvalue weighted by atomic mass is 79.9. The van der Waals surface area contributed by atoms with E-state index in [4.69, 9.17) is 0 Å². The van der Waals surface area contributed by atoms with Gasteiger partial charge in [0.15, 0.2) is 0 Å². The predicted molar refractivity (Wildman–Crippen MR) is 80.5 cm³/mol. The van der Waals surface area contributed by atoms with Gasteiger partial charge in [-0.1, -0.05) is 22.0 Å². The van der Waals surface area contributed by atoms with Crippen LogP contribution in [0.15, 0.2) is 46.9 Å². The van der Waals surface area contributed by atoms with E-state index in [1.54, 1.807) is 0 Å². The van der Waals surface area contributed by atoms with Crippen LogP contribution >= 0.6 is 15.9 Å². The largest absolute Gasteiger partial charge is 0.322 e. The lowest BCUT2D eigenvalue weighted by atomic mass is 10.1. The number of rotatable bonds is 3. The van der Waals surface area contributed by atoms with Gasteiger partial charge in [0.05, 0.1) is 0 Å². The van der Waals surface area contributed by atoms with Crippen LogP contribution in [0.5, 0.6) is 0 Å². The molecular formula is C16H13BrFNO. The molecule has 3 rings (SSSR count). The highest BCUT2D eigenvalue weighted by Crippen LogP contribution is 2.44. The van der Waals surface area contributed by atoms with Gasteiger partial charge < -0.3 is 5.32 Å². The fraction of sp³-hybridized carbons (Fsp3) is 0.188. The Kier molecular flexibility index (Phi) is 3.57. The normalized spacial score (nSPS) is 14.1. The fourth-order valence-corrected chi connectivity index (χ4v) is 2.54. The molecule has 1 aliphatic rings. The Morgan fingerprint density at radius 3 is 2.50 bits per heavy atom. The van der Waals surface area contributed by atoms with Gasteiger partial charge in [0.25, 0.3) is 5.91 Å². The number of carbonyl (C=O) groups is 1. The van der Waals surface area contributed by atoms with Crippen LogP contribution in [-0.4, -0.2) is 5.91 Å². The summed E-state index contributed by atoms with van der Waals surface area (Å²) in [5.41, 5.74) is 2.45. The molecule has 0 saturated heterocycles. The van der Waals surface area contributed by atoms with Gasteiger partial charge in [-0.25, -0.2) is 4.39 Å². The number of anilines is 1. The standard InChI is InChI=1S/C16H13BrFNO/c17-12-5-8-14(10-1-2-10)15(9-12)19-16(20)11-3-6-13(18)7-4-11/h3-10H,1-2H2,(H,19,20). The number of amides is 1. The van der Waals surface area contributed by atoms with E-state index in [0.29, 0.717) is 11.5 Å². The lowest BCUT2D eigenvalue weighted by Crippen LogP contribution is -2.13. The summed E-state index contributed by atoms with van der Waals surface area (Å²) in [6, 6.07) is 11.5. The molecule has 0 radical (unpaired) electrons. The summed E-state index contributed by atoms with van der Waals surface area (Å²) in [5.74, 6) is -0.0145. The van der Waals surface area contributed by atoms with E-state index in [0.717, 1.165) is 10.2 Å². The molecule has 0 bridgehead atoms. The molecule has 0 spiro atoms. The van der Waals surface area contributed by atoms with Gasteiger partial charge in [0.2, 0.25) is 0 Å². The second-order valence-electron chi connectivity index (χ2n) is 4.97. The Morgan fingerprint density at radius 2 is 1.85 bits per heavy atom. The van der Waals surface area contributed by atoms with Gasteiger partial charge in [-0.2, -0.15) is 0 Å². The Morgan fingerprint density at radius 1 is 1.15 bits per heavy atom. The predicted octanol–water partition coefficient (Wildman–Crippen LogP) is 4.72. The molecule has 20 heavy (non-hydrogen) atoms. The van der Waals surface area contributed by atoms with Gasteiger partial charge in [-0.15, -0.1) is 0 Å². The molecule has 2 aromatic carbocycles. The van der Waals surface area contributed by atoms with E-state index in [1.807, 2.05) is 18.2 Å². The molecule has 2 nitrogen and oxygen atoms in total. The van der Waals surface area contributed by atoms with Crippen LogP contribution in [0.2, 0.25) is 0 Å². The Hall–Kier alpha value is -1.68. The molecule has 1 fully saturated rings. The van der Waals surface area contributed by atoms with Crippen molar-refractivity contribution in [3.8, 4) is 0 Å². The van der Waals surface area contributed by atoms with Gasteiger partial charge in [-0.05, 0) is 60.7 Å². The molecule has 0 atom stereocenters. The first kappa shape index (κ1) is 13.3. The number of carbonyl (C=O) groups excluding carboxylic acids is 1. The molecule has 1 amide bonds. The van der Waals surface area contributed by atoms with Crippen LogP contribution in [0.4, 0.5) is 10.1 Å². The molecule has 0 aromatic heterocycles. The molecule has 4 heteroatoms. The average molecular weight is 334 g/mol. The van der Waals surface area contributed by atoms with Crippen molar-refractivity contribution in [1.82, 2.24) is 0 Å². The summed E-state index contributed by atoms with van der Waals surface area (Å²) >= 11 is 3.42. The third kappa shape index (κ3) is 2.90. The van der Waals surface area contributed by atoms with Gasteiger partial charge >= 0.3 is 0 Å². The lowest BCUT2D eigenvalue weighted by Gasteiger charge is -2.11. The maximum atomic E-state index is 12.9. The van der Waals surface area contributed by atoms with Crippen LogP contribution < -0.4 is 5.32 Å². The quantitative estimate of drug-likeness (QED) is 0.865. The Balaban J connectivity index is 1.85. The summed E-state index contributed by atoms with van der Waals surface area (Å²) in [6.45, 7) is 0. The molecule has 0 aliphatic heterocycles. The van der Waals surface area contributed by atoms with Crippen LogP contribution in [0, 0.1) is 5.82 Å². The molecule has 102 valence electrons. The fourth-order valence-electron chi connectivity index (χ4n) is 2.18. The maximum absolute atomic E-state index is 12.9. The zero-order chi connectivity index (χ0) is 14.1. The smallest absolute Gasteiger partial charge is 0.255 e. The summed E-state index contributed by atoms with van der Waals surface area (Å²) in [6.07, 6.45) is 2.34. The Bertz CT molecular complexity index is 650. The zero-order valence-electron chi connectivity index (χ0n) is 10.7. The monoisotopic (exact) mass is 333 g/mol. The second kappa shape index (κ2) is 5.37. The van der Waals surface area contributed by atoms with Crippen molar-refractivity contribution >= 4 is 27.5 Å². The van der Waals surface area contributed by atoms with E-state index >= 15 is 0 Å². The summed E-state index contributed by atoms with van der Waals surface area (Å²) in [7, 11) is 0. The van der Waals surface area contributed by atoms with Crippen molar-refractivity contribution in [2.45, 2.75) is 18.8 Å². The Labute approximate surface area is 125 Å². The first-order valence-electron chi connectivity index (χ1n) is 6.50. The van der Waals surface area contributed by atoms with Crippen molar-refractivity contribution < 1.29 is 9.18 Å². The average Bonchev–Trinajstić information content (AvgIpc) is 3.24. The van der Waals surface area contributed by atoms with Crippen LogP contribution in [0.25, 0.3) is 0 Å². The van der Waals surface area contributed by atoms with E-state index in [1.165, 1.54) is 42.7 Å². The zero-order valence-corrected chi connectivity index (χ0v) is 12.3. The van der Waals surface area contributed by atoms with E-state index < -0.39 is 0 Å². The number of halogens is 2. The highest BCUT2D eigenvalue weighted by molar-refractivity contribution is 9.10. The third-order valence-corrected chi connectivity index (χ3v) is 3.88. The van der Waals surface area contributed by atoms with Crippen molar-refractivity contribution in [1.29, 1.82) is 0 Å². The van der Waals surface area contributed by atoms with Gasteiger partial charge in [0.1, 0.15) is 5.82 Å². The first-order chi connectivity index (χ1) is 9.63. The number of benzene rings is 2. The molecule has 0 heterocycles. The van der Waals surface area contributed by atoms with E-state index in [9.17, 15) is 9.18 Å². The topological polar surface area (TPSA) is 29.1 Å². The van der Waals surface area contributed by atoms with Crippen molar-refractivity contribution in [3.63, 3.8) is 0 Å². The minimum Gasteiger partial charge on any atom is -0.322 e. The van der Waals surface area contributed by atoms with Gasteiger partial charge in [-0.3, -0.25) is 4.79 Å². The maximum Gasteiger partial charge on any atom is 0.255 e.